The second kappa shape index (κ2) is 6.64. The number of rotatable bonds is 4. The van der Waals surface area contributed by atoms with Crippen LogP contribution in [0.25, 0.3) is 0 Å². The third-order valence-corrected chi connectivity index (χ3v) is 5.66. The summed E-state index contributed by atoms with van der Waals surface area (Å²) in [6.45, 7) is 6.08. The van der Waals surface area contributed by atoms with Gasteiger partial charge in [0.1, 0.15) is 5.76 Å². The van der Waals surface area contributed by atoms with Crippen LogP contribution < -0.4 is 0 Å². The monoisotopic (exact) mass is 339 g/mol. The molecule has 1 aliphatic carbocycles. The minimum Gasteiger partial charge on any atom is -0.361 e. The molecule has 1 aliphatic heterocycles. The van der Waals surface area contributed by atoms with Gasteiger partial charge < -0.3 is 9.42 Å². The largest absolute Gasteiger partial charge is 0.361 e. The van der Waals surface area contributed by atoms with E-state index in [4.69, 9.17) is 4.52 Å². The zero-order valence-corrected chi connectivity index (χ0v) is 14.8. The Labute approximate surface area is 148 Å². The van der Waals surface area contributed by atoms with Crippen molar-refractivity contribution in [1.82, 2.24) is 15.0 Å². The number of aryl methyl sites for hydroxylation is 1. The van der Waals surface area contributed by atoms with Crippen LogP contribution in [-0.4, -0.2) is 47.0 Å². The summed E-state index contributed by atoms with van der Waals surface area (Å²) in [6, 6.07) is 12.3. The molecule has 1 aromatic carbocycles. The van der Waals surface area contributed by atoms with Crippen LogP contribution in [0.15, 0.2) is 40.9 Å². The molecule has 0 unspecified atom stereocenters. The Hall–Kier alpha value is -2.14. The number of carbonyl (C=O) groups is 1. The van der Waals surface area contributed by atoms with Crippen molar-refractivity contribution in [3.63, 3.8) is 0 Å². The van der Waals surface area contributed by atoms with Crippen molar-refractivity contribution in [3.8, 4) is 0 Å². The number of hydrogen-bond acceptors (Lipinski definition) is 4. The van der Waals surface area contributed by atoms with Gasteiger partial charge in [-0.05, 0) is 25.3 Å². The zero-order valence-electron chi connectivity index (χ0n) is 14.8. The normalized spacial score (nSPS) is 20.3. The van der Waals surface area contributed by atoms with Crippen LogP contribution in [0.3, 0.4) is 0 Å². The molecular formula is C20H25N3O2. The van der Waals surface area contributed by atoms with Gasteiger partial charge in [0.2, 0.25) is 5.91 Å². The second-order valence-corrected chi connectivity index (χ2v) is 7.30. The molecule has 5 nitrogen and oxygen atoms in total. The Morgan fingerprint density at radius 1 is 1.16 bits per heavy atom. The highest BCUT2D eigenvalue weighted by Crippen LogP contribution is 2.45. The van der Waals surface area contributed by atoms with E-state index in [1.807, 2.05) is 31.2 Å². The lowest BCUT2D eigenvalue weighted by Crippen LogP contribution is -2.56. The van der Waals surface area contributed by atoms with Gasteiger partial charge >= 0.3 is 0 Å². The molecule has 132 valence electrons. The SMILES string of the molecule is Cc1cc(CN2CCN(C(=O)C3(c4ccccc4)CCC3)CC2)no1. The van der Waals surface area contributed by atoms with E-state index < -0.39 is 0 Å². The van der Waals surface area contributed by atoms with Crippen molar-refractivity contribution in [2.45, 2.75) is 38.1 Å². The van der Waals surface area contributed by atoms with Gasteiger partial charge in [-0.2, -0.15) is 0 Å². The molecule has 1 saturated heterocycles. The number of carbonyl (C=O) groups excluding carboxylic acids is 1. The van der Waals surface area contributed by atoms with Crippen LogP contribution in [0.5, 0.6) is 0 Å². The minimum absolute atomic E-state index is 0.271. The van der Waals surface area contributed by atoms with Gasteiger partial charge in [-0.3, -0.25) is 9.69 Å². The van der Waals surface area contributed by atoms with Gasteiger partial charge in [-0.15, -0.1) is 0 Å². The maximum Gasteiger partial charge on any atom is 0.233 e. The van der Waals surface area contributed by atoms with Crippen molar-refractivity contribution in [2.75, 3.05) is 26.2 Å². The van der Waals surface area contributed by atoms with Gasteiger partial charge in [0.05, 0.1) is 11.1 Å². The van der Waals surface area contributed by atoms with Crippen LogP contribution in [0.2, 0.25) is 0 Å². The summed E-state index contributed by atoms with van der Waals surface area (Å²) in [4.78, 5) is 17.7. The summed E-state index contributed by atoms with van der Waals surface area (Å²) in [5, 5.41) is 4.07. The Bertz CT molecular complexity index is 728. The zero-order chi connectivity index (χ0) is 17.3. The fraction of sp³-hybridized carbons (Fsp3) is 0.500. The maximum absolute atomic E-state index is 13.3. The first-order valence-electron chi connectivity index (χ1n) is 9.17. The molecular weight excluding hydrogens is 314 g/mol. The highest BCUT2D eigenvalue weighted by molar-refractivity contribution is 5.89. The summed E-state index contributed by atoms with van der Waals surface area (Å²) in [5.41, 5.74) is 1.89. The van der Waals surface area contributed by atoms with Crippen LogP contribution in [-0.2, 0) is 16.8 Å². The summed E-state index contributed by atoms with van der Waals surface area (Å²) in [5.74, 6) is 1.17. The average molecular weight is 339 g/mol. The average Bonchev–Trinajstić information content (AvgIpc) is 3.00. The molecule has 0 atom stereocenters. The number of benzene rings is 1. The predicted octanol–water partition coefficient (Wildman–Crippen LogP) is 2.75. The number of piperazine rings is 1. The molecule has 1 aromatic heterocycles. The Morgan fingerprint density at radius 2 is 1.88 bits per heavy atom. The molecule has 25 heavy (non-hydrogen) atoms. The van der Waals surface area contributed by atoms with Crippen LogP contribution in [0.4, 0.5) is 0 Å². The van der Waals surface area contributed by atoms with Gasteiger partial charge in [0, 0.05) is 38.8 Å². The molecule has 1 saturated carbocycles. The number of hydrogen-bond donors (Lipinski definition) is 0. The van der Waals surface area contributed by atoms with E-state index in [2.05, 4.69) is 27.1 Å². The summed E-state index contributed by atoms with van der Waals surface area (Å²) in [7, 11) is 0. The predicted molar refractivity (Wildman–Crippen MR) is 95.1 cm³/mol. The number of nitrogens with zero attached hydrogens (tertiary/aromatic N) is 3. The first kappa shape index (κ1) is 16.3. The first-order valence-corrected chi connectivity index (χ1v) is 9.17. The molecule has 5 heteroatoms. The van der Waals surface area contributed by atoms with Crippen LogP contribution >= 0.6 is 0 Å². The second-order valence-electron chi connectivity index (χ2n) is 7.30. The molecule has 2 fully saturated rings. The van der Waals surface area contributed by atoms with Gasteiger partial charge in [-0.25, -0.2) is 0 Å². The lowest BCUT2D eigenvalue weighted by Gasteiger charge is -2.46. The molecule has 4 rings (SSSR count). The maximum atomic E-state index is 13.3. The fourth-order valence-corrected chi connectivity index (χ4v) is 4.05. The molecule has 1 amide bonds. The van der Waals surface area contributed by atoms with Crippen LogP contribution in [0, 0.1) is 6.92 Å². The van der Waals surface area contributed by atoms with E-state index in [0.717, 1.165) is 63.4 Å². The van der Waals surface area contributed by atoms with E-state index in [-0.39, 0.29) is 5.41 Å². The molecule has 0 N–H and O–H groups in total. The molecule has 0 bridgehead atoms. The fourth-order valence-electron chi connectivity index (χ4n) is 4.05. The van der Waals surface area contributed by atoms with Crippen molar-refractivity contribution in [2.24, 2.45) is 0 Å². The molecule has 0 spiro atoms. The Morgan fingerprint density at radius 3 is 2.44 bits per heavy atom. The number of amides is 1. The molecule has 2 heterocycles. The third-order valence-electron chi connectivity index (χ3n) is 5.66. The van der Waals surface area contributed by atoms with Gasteiger partial charge in [0.15, 0.2) is 0 Å². The standard InChI is InChI=1S/C20H25N3O2/c1-16-14-18(21-25-16)15-22-10-12-23(13-11-22)19(24)20(8-5-9-20)17-6-3-2-4-7-17/h2-4,6-7,14H,5,8-13,15H2,1H3. The van der Waals surface area contributed by atoms with Crippen molar-refractivity contribution in [1.29, 1.82) is 0 Å². The smallest absolute Gasteiger partial charge is 0.233 e. The van der Waals surface area contributed by atoms with Gasteiger partial charge in [-0.1, -0.05) is 41.9 Å². The first-order chi connectivity index (χ1) is 12.2. The Kier molecular flexibility index (Phi) is 4.34. The van der Waals surface area contributed by atoms with Crippen molar-refractivity contribution < 1.29 is 9.32 Å². The van der Waals surface area contributed by atoms with Crippen LogP contribution in [0.1, 0.15) is 36.3 Å². The highest BCUT2D eigenvalue weighted by Gasteiger charge is 2.47. The molecule has 2 aliphatic rings. The van der Waals surface area contributed by atoms with E-state index in [1.54, 1.807) is 0 Å². The van der Waals surface area contributed by atoms with Gasteiger partial charge in [0.25, 0.3) is 0 Å². The molecule has 0 radical (unpaired) electrons. The van der Waals surface area contributed by atoms with Crippen molar-refractivity contribution in [3.05, 3.63) is 53.4 Å². The van der Waals surface area contributed by atoms with E-state index in [9.17, 15) is 4.79 Å². The summed E-state index contributed by atoms with van der Waals surface area (Å²) < 4.78 is 5.14. The van der Waals surface area contributed by atoms with E-state index in [0.29, 0.717) is 5.91 Å². The van der Waals surface area contributed by atoms with Crippen molar-refractivity contribution >= 4 is 5.91 Å². The minimum atomic E-state index is -0.271. The van der Waals surface area contributed by atoms with E-state index >= 15 is 0 Å². The Balaban J connectivity index is 1.39. The lowest BCUT2D eigenvalue weighted by atomic mass is 9.63. The third kappa shape index (κ3) is 3.09. The summed E-state index contributed by atoms with van der Waals surface area (Å²) >= 11 is 0. The van der Waals surface area contributed by atoms with E-state index in [1.165, 1.54) is 5.56 Å². The highest BCUT2D eigenvalue weighted by atomic mass is 16.5. The number of aromatic nitrogens is 1. The lowest BCUT2D eigenvalue weighted by molar-refractivity contribution is -0.142. The topological polar surface area (TPSA) is 49.6 Å². The molecule has 2 aromatic rings. The summed E-state index contributed by atoms with van der Waals surface area (Å²) in [6.07, 6.45) is 3.11. The quantitative estimate of drug-likeness (QED) is 0.859.